The van der Waals surface area contributed by atoms with Crippen LogP contribution in [0, 0.1) is 6.92 Å². The topological polar surface area (TPSA) is 60.6 Å². The van der Waals surface area contributed by atoms with Crippen LogP contribution >= 0.6 is 0 Å². The molecule has 0 aliphatic carbocycles. The summed E-state index contributed by atoms with van der Waals surface area (Å²) in [6.45, 7) is 3.34. The summed E-state index contributed by atoms with van der Waals surface area (Å²) in [5, 5.41) is 3.92. The zero-order valence-electron chi connectivity index (χ0n) is 15.8. The summed E-state index contributed by atoms with van der Waals surface area (Å²) in [6, 6.07) is 14.8. The van der Waals surface area contributed by atoms with E-state index in [4.69, 9.17) is 14.0 Å². The standard InChI is InChI=1S/C21H23N3O3/c1-14-22-20(27-23-14)13-24-10-9-16-11-18(25-2)19(26-3)12-17(16)21(24)15-7-5-4-6-8-15/h4-8,11-12,21H,9-10,13H2,1-3H3. The maximum atomic E-state index is 5.56. The lowest BCUT2D eigenvalue weighted by atomic mass is 9.87. The molecule has 0 amide bonds. The zero-order chi connectivity index (χ0) is 18.8. The molecule has 140 valence electrons. The summed E-state index contributed by atoms with van der Waals surface area (Å²) in [6.07, 6.45) is 0.923. The summed E-state index contributed by atoms with van der Waals surface area (Å²) in [5.74, 6) is 2.80. The molecule has 3 aromatic rings. The predicted molar refractivity (Wildman–Crippen MR) is 101 cm³/mol. The van der Waals surface area contributed by atoms with Crippen molar-refractivity contribution in [2.45, 2.75) is 25.9 Å². The molecular weight excluding hydrogens is 342 g/mol. The summed E-state index contributed by atoms with van der Waals surface area (Å²) in [5.41, 5.74) is 3.72. The van der Waals surface area contributed by atoms with Gasteiger partial charge in [-0.1, -0.05) is 35.5 Å². The van der Waals surface area contributed by atoms with Crippen LogP contribution in [0.3, 0.4) is 0 Å². The quantitative estimate of drug-likeness (QED) is 0.689. The Hall–Kier alpha value is -2.86. The highest BCUT2D eigenvalue weighted by Crippen LogP contribution is 2.41. The van der Waals surface area contributed by atoms with E-state index in [1.54, 1.807) is 14.2 Å². The van der Waals surface area contributed by atoms with Gasteiger partial charge in [0.15, 0.2) is 17.3 Å². The van der Waals surface area contributed by atoms with Crippen LogP contribution < -0.4 is 9.47 Å². The Kier molecular flexibility index (Phi) is 4.81. The highest BCUT2D eigenvalue weighted by atomic mass is 16.5. The van der Waals surface area contributed by atoms with E-state index in [-0.39, 0.29) is 6.04 Å². The van der Waals surface area contributed by atoms with Crippen LogP contribution in [-0.4, -0.2) is 35.8 Å². The van der Waals surface area contributed by atoms with Crippen molar-refractivity contribution in [1.82, 2.24) is 15.0 Å². The number of nitrogens with zero attached hydrogens (tertiary/aromatic N) is 3. The van der Waals surface area contributed by atoms with E-state index in [1.165, 1.54) is 16.7 Å². The minimum atomic E-state index is 0.0852. The van der Waals surface area contributed by atoms with Gasteiger partial charge in [0.2, 0.25) is 5.89 Å². The van der Waals surface area contributed by atoms with Crippen molar-refractivity contribution in [1.29, 1.82) is 0 Å². The molecule has 0 saturated carbocycles. The molecule has 6 heteroatoms. The smallest absolute Gasteiger partial charge is 0.240 e. The first-order chi connectivity index (χ1) is 13.2. The average molecular weight is 365 g/mol. The molecule has 0 saturated heterocycles. The summed E-state index contributed by atoms with van der Waals surface area (Å²) >= 11 is 0. The molecule has 1 atom stereocenters. The molecule has 1 aliphatic rings. The number of hydrogen-bond donors (Lipinski definition) is 0. The molecule has 0 bridgehead atoms. The third kappa shape index (κ3) is 3.40. The van der Waals surface area contributed by atoms with E-state index in [0.717, 1.165) is 24.5 Å². The van der Waals surface area contributed by atoms with Crippen molar-refractivity contribution in [2.75, 3.05) is 20.8 Å². The fraction of sp³-hybridized carbons (Fsp3) is 0.333. The number of fused-ring (bicyclic) bond motifs is 1. The van der Waals surface area contributed by atoms with E-state index in [0.29, 0.717) is 18.3 Å². The molecule has 2 aromatic carbocycles. The minimum absolute atomic E-state index is 0.0852. The van der Waals surface area contributed by atoms with Crippen LogP contribution in [-0.2, 0) is 13.0 Å². The Morgan fingerprint density at radius 1 is 1.11 bits per heavy atom. The average Bonchev–Trinajstić information content (AvgIpc) is 3.12. The maximum Gasteiger partial charge on any atom is 0.240 e. The van der Waals surface area contributed by atoms with Crippen LogP contribution in [0.5, 0.6) is 11.5 Å². The molecular formula is C21H23N3O3. The first kappa shape index (κ1) is 17.5. The van der Waals surface area contributed by atoms with Gasteiger partial charge in [0.1, 0.15) is 0 Å². The largest absolute Gasteiger partial charge is 0.493 e. The van der Waals surface area contributed by atoms with Gasteiger partial charge in [0.25, 0.3) is 0 Å². The van der Waals surface area contributed by atoms with Gasteiger partial charge in [0.05, 0.1) is 26.8 Å². The van der Waals surface area contributed by atoms with Crippen molar-refractivity contribution in [2.24, 2.45) is 0 Å². The SMILES string of the molecule is COc1cc2c(cc1OC)C(c1ccccc1)N(Cc1nc(C)no1)CC2. The maximum absolute atomic E-state index is 5.56. The van der Waals surface area contributed by atoms with Crippen molar-refractivity contribution in [3.8, 4) is 11.5 Å². The van der Waals surface area contributed by atoms with E-state index in [1.807, 2.05) is 13.0 Å². The second-order valence-corrected chi connectivity index (χ2v) is 6.68. The van der Waals surface area contributed by atoms with E-state index in [2.05, 4.69) is 51.4 Å². The molecule has 0 N–H and O–H groups in total. The van der Waals surface area contributed by atoms with Crippen LogP contribution in [0.15, 0.2) is 47.0 Å². The highest BCUT2D eigenvalue weighted by molar-refractivity contribution is 5.51. The first-order valence-electron chi connectivity index (χ1n) is 9.02. The Balaban J connectivity index is 1.78. The fourth-order valence-corrected chi connectivity index (χ4v) is 3.77. The number of aromatic nitrogens is 2. The molecule has 2 heterocycles. The monoisotopic (exact) mass is 365 g/mol. The zero-order valence-corrected chi connectivity index (χ0v) is 15.8. The lowest BCUT2D eigenvalue weighted by Gasteiger charge is -2.37. The lowest BCUT2D eigenvalue weighted by Crippen LogP contribution is -2.35. The third-order valence-corrected chi connectivity index (χ3v) is 5.00. The minimum Gasteiger partial charge on any atom is -0.493 e. The third-order valence-electron chi connectivity index (χ3n) is 5.00. The van der Waals surface area contributed by atoms with Crippen LogP contribution in [0.2, 0.25) is 0 Å². The molecule has 1 unspecified atom stereocenters. The van der Waals surface area contributed by atoms with Gasteiger partial charge in [0, 0.05) is 6.54 Å². The summed E-state index contributed by atoms with van der Waals surface area (Å²) in [4.78, 5) is 6.76. The Morgan fingerprint density at radius 3 is 2.52 bits per heavy atom. The molecule has 0 radical (unpaired) electrons. The molecule has 1 aromatic heterocycles. The predicted octanol–water partition coefficient (Wildman–Crippen LogP) is 3.54. The molecule has 1 aliphatic heterocycles. The van der Waals surface area contributed by atoms with Crippen molar-refractivity contribution in [3.63, 3.8) is 0 Å². The highest BCUT2D eigenvalue weighted by Gasteiger charge is 2.31. The van der Waals surface area contributed by atoms with Gasteiger partial charge in [-0.3, -0.25) is 4.90 Å². The number of hydrogen-bond acceptors (Lipinski definition) is 6. The fourth-order valence-electron chi connectivity index (χ4n) is 3.77. The molecule has 6 nitrogen and oxygen atoms in total. The van der Waals surface area contributed by atoms with E-state index in [9.17, 15) is 0 Å². The first-order valence-corrected chi connectivity index (χ1v) is 9.02. The van der Waals surface area contributed by atoms with Crippen LogP contribution in [0.1, 0.15) is 34.4 Å². The van der Waals surface area contributed by atoms with Crippen molar-refractivity contribution in [3.05, 3.63) is 70.9 Å². The summed E-state index contributed by atoms with van der Waals surface area (Å²) in [7, 11) is 3.34. The Bertz CT molecular complexity index is 924. The number of aryl methyl sites for hydroxylation is 1. The molecule has 27 heavy (non-hydrogen) atoms. The van der Waals surface area contributed by atoms with Crippen molar-refractivity contribution >= 4 is 0 Å². The number of ether oxygens (including phenoxy) is 2. The Morgan fingerprint density at radius 2 is 1.85 bits per heavy atom. The van der Waals surface area contributed by atoms with Gasteiger partial charge in [-0.15, -0.1) is 0 Å². The molecule has 0 fully saturated rings. The number of rotatable bonds is 5. The van der Waals surface area contributed by atoms with E-state index < -0.39 is 0 Å². The molecule has 0 spiro atoms. The summed E-state index contributed by atoms with van der Waals surface area (Å²) < 4.78 is 16.4. The number of methoxy groups -OCH3 is 2. The normalized spacial score (nSPS) is 16.8. The molecule has 4 rings (SSSR count). The lowest BCUT2D eigenvalue weighted by molar-refractivity contribution is 0.177. The van der Waals surface area contributed by atoms with Gasteiger partial charge in [-0.05, 0) is 42.2 Å². The van der Waals surface area contributed by atoms with Gasteiger partial charge < -0.3 is 14.0 Å². The van der Waals surface area contributed by atoms with Crippen molar-refractivity contribution < 1.29 is 14.0 Å². The second kappa shape index (κ2) is 7.40. The second-order valence-electron chi connectivity index (χ2n) is 6.68. The van der Waals surface area contributed by atoms with Crippen LogP contribution in [0.25, 0.3) is 0 Å². The van der Waals surface area contributed by atoms with Gasteiger partial charge >= 0.3 is 0 Å². The Labute approximate surface area is 158 Å². The van der Waals surface area contributed by atoms with Gasteiger partial charge in [-0.2, -0.15) is 4.98 Å². The van der Waals surface area contributed by atoms with Crippen LogP contribution in [0.4, 0.5) is 0 Å². The number of benzene rings is 2. The van der Waals surface area contributed by atoms with E-state index >= 15 is 0 Å². The van der Waals surface area contributed by atoms with Gasteiger partial charge in [-0.25, -0.2) is 0 Å².